The lowest BCUT2D eigenvalue weighted by Gasteiger charge is -2.32. The van der Waals surface area contributed by atoms with Crippen molar-refractivity contribution in [2.75, 3.05) is 10.8 Å². The number of rotatable bonds is 11. The first-order valence-corrected chi connectivity index (χ1v) is 15.6. The molecule has 0 saturated heterocycles. The van der Waals surface area contributed by atoms with E-state index in [0.717, 1.165) is 37.5 Å². The smallest absolute Gasteiger partial charge is 0.264 e. The fourth-order valence-corrected chi connectivity index (χ4v) is 6.19. The molecule has 7 nitrogen and oxygen atoms in total. The maximum absolute atomic E-state index is 14.0. The molecule has 40 heavy (non-hydrogen) atoms. The molecule has 0 fully saturated rings. The lowest BCUT2D eigenvalue weighted by molar-refractivity contribution is -0.139. The first-order valence-electron chi connectivity index (χ1n) is 13.3. The molecule has 0 aromatic heterocycles. The maximum Gasteiger partial charge on any atom is 0.264 e. The molecule has 9 heteroatoms. The maximum atomic E-state index is 14.0. The molecule has 0 unspecified atom stereocenters. The molecule has 0 heterocycles. The van der Waals surface area contributed by atoms with Gasteiger partial charge in [0.25, 0.3) is 10.0 Å². The second-order valence-electron chi connectivity index (χ2n) is 10.3. The topological polar surface area (TPSA) is 86.8 Å². The van der Waals surface area contributed by atoms with Gasteiger partial charge in [-0.15, -0.1) is 0 Å². The number of hydrogen-bond acceptors (Lipinski definition) is 4. The predicted octanol–water partition coefficient (Wildman–Crippen LogP) is 5.90. The Morgan fingerprint density at radius 1 is 0.900 bits per heavy atom. The normalized spacial score (nSPS) is 12.9. The van der Waals surface area contributed by atoms with Gasteiger partial charge in [-0.05, 0) is 94.1 Å². The van der Waals surface area contributed by atoms with Gasteiger partial charge in [-0.25, -0.2) is 8.42 Å². The molecule has 1 N–H and O–H groups in total. The van der Waals surface area contributed by atoms with Crippen molar-refractivity contribution in [3.05, 3.63) is 93.5 Å². The van der Waals surface area contributed by atoms with Gasteiger partial charge in [0.1, 0.15) is 12.6 Å². The van der Waals surface area contributed by atoms with Crippen molar-refractivity contribution in [2.24, 2.45) is 0 Å². The molecule has 0 radical (unpaired) electrons. The molecule has 3 aromatic carbocycles. The van der Waals surface area contributed by atoms with Crippen LogP contribution in [0.3, 0.4) is 0 Å². The van der Waals surface area contributed by atoms with Crippen LogP contribution in [0.2, 0.25) is 0 Å². The van der Waals surface area contributed by atoms with E-state index in [-0.39, 0.29) is 23.4 Å². The summed E-state index contributed by atoms with van der Waals surface area (Å²) >= 11 is 3.47. The number of carbonyl (C=O) groups is 2. The van der Waals surface area contributed by atoms with Gasteiger partial charge in [0.05, 0.1) is 10.6 Å². The highest BCUT2D eigenvalue weighted by atomic mass is 79.9. The van der Waals surface area contributed by atoms with Crippen LogP contribution >= 0.6 is 15.9 Å². The van der Waals surface area contributed by atoms with E-state index < -0.39 is 28.5 Å². The predicted molar refractivity (Wildman–Crippen MR) is 164 cm³/mol. The summed E-state index contributed by atoms with van der Waals surface area (Å²) in [7, 11) is -4.10. The van der Waals surface area contributed by atoms with Crippen molar-refractivity contribution in [1.82, 2.24) is 10.2 Å². The van der Waals surface area contributed by atoms with Crippen LogP contribution in [0.25, 0.3) is 0 Å². The molecule has 214 valence electrons. The van der Waals surface area contributed by atoms with Crippen molar-refractivity contribution < 1.29 is 18.0 Å². The highest BCUT2D eigenvalue weighted by Gasteiger charge is 2.33. The molecule has 0 aliphatic heterocycles. The number of amides is 2. The number of sulfonamides is 1. The van der Waals surface area contributed by atoms with Gasteiger partial charge in [0.15, 0.2) is 0 Å². The molecular formula is C31H38BrN3O4S. The summed E-state index contributed by atoms with van der Waals surface area (Å²) in [6, 6.07) is 18.6. The molecule has 0 bridgehead atoms. The number of nitrogens with one attached hydrogen (secondary N) is 1. The second-order valence-corrected chi connectivity index (χ2v) is 13.1. The summed E-state index contributed by atoms with van der Waals surface area (Å²) in [5.74, 6) is -0.779. The number of nitrogens with zero attached hydrogens (tertiary/aromatic N) is 2. The molecule has 2 atom stereocenters. The minimum atomic E-state index is -4.10. The summed E-state index contributed by atoms with van der Waals surface area (Å²) in [6.45, 7) is 10.9. The Labute approximate surface area is 246 Å². The van der Waals surface area contributed by atoms with Gasteiger partial charge in [-0.1, -0.05) is 58.7 Å². The first kappa shape index (κ1) is 31.4. The molecule has 3 aromatic rings. The number of hydrogen-bond donors (Lipinski definition) is 1. The highest BCUT2D eigenvalue weighted by Crippen LogP contribution is 2.27. The van der Waals surface area contributed by atoms with Gasteiger partial charge in [-0.2, -0.15) is 0 Å². The van der Waals surface area contributed by atoms with E-state index in [1.807, 2.05) is 65.0 Å². The average Bonchev–Trinajstić information content (AvgIpc) is 2.89. The number of halogens is 1. The lowest BCUT2D eigenvalue weighted by atomic mass is 10.1. The molecule has 2 amide bonds. The van der Waals surface area contributed by atoms with Crippen LogP contribution in [0.15, 0.2) is 76.1 Å². The van der Waals surface area contributed by atoms with E-state index >= 15 is 0 Å². The zero-order valence-electron chi connectivity index (χ0n) is 23.9. The van der Waals surface area contributed by atoms with Crippen LogP contribution in [-0.2, 0) is 26.2 Å². The van der Waals surface area contributed by atoms with Crippen LogP contribution in [-0.4, -0.2) is 43.8 Å². The van der Waals surface area contributed by atoms with Crippen LogP contribution in [0.1, 0.15) is 49.4 Å². The SMILES string of the molecule is CC[C@@H](C)NC(=O)[C@H](C)N(Cc1cccc(Br)c1)C(=O)CN(c1cc(C)cc(C)c1)S(=O)(=O)c1ccc(C)cc1. The standard InChI is InChI=1S/C31H38BrN3O4S/c1-7-24(5)33-31(37)25(6)34(19-26-9-8-10-27(32)18-26)30(36)20-35(28-16-22(3)15-23(4)17-28)40(38,39)29-13-11-21(2)12-14-29/h8-18,24-25H,7,19-20H2,1-6H3,(H,33,37)/t24-,25+/m1/s1. The van der Waals surface area contributed by atoms with Crippen molar-refractivity contribution >= 4 is 43.5 Å². The molecule has 0 spiro atoms. The Bertz CT molecular complexity index is 1440. The number of carbonyl (C=O) groups excluding carboxylic acids is 2. The Hall–Kier alpha value is -3.17. The minimum absolute atomic E-state index is 0.0635. The average molecular weight is 629 g/mol. The van der Waals surface area contributed by atoms with E-state index in [2.05, 4.69) is 21.2 Å². The molecule has 0 aliphatic carbocycles. The van der Waals surface area contributed by atoms with Crippen LogP contribution in [0.4, 0.5) is 5.69 Å². The van der Waals surface area contributed by atoms with Crippen LogP contribution < -0.4 is 9.62 Å². The van der Waals surface area contributed by atoms with Crippen molar-refractivity contribution in [3.63, 3.8) is 0 Å². The van der Waals surface area contributed by atoms with Crippen molar-refractivity contribution in [2.45, 2.75) is 71.5 Å². The van der Waals surface area contributed by atoms with Crippen molar-refractivity contribution in [1.29, 1.82) is 0 Å². The number of anilines is 1. The van der Waals surface area contributed by atoms with E-state index in [1.54, 1.807) is 43.3 Å². The number of benzene rings is 3. The highest BCUT2D eigenvalue weighted by molar-refractivity contribution is 9.10. The summed E-state index contributed by atoms with van der Waals surface area (Å²) in [5.41, 5.74) is 3.88. The largest absolute Gasteiger partial charge is 0.352 e. The third-order valence-electron chi connectivity index (χ3n) is 6.79. The fourth-order valence-electron chi connectivity index (χ4n) is 4.34. The van der Waals surface area contributed by atoms with E-state index in [1.165, 1.54) is 4.90 Å². The van der Waals surface area contributed by atoms with Gasteiger partial charge < -0.3 is 10.2 Å². The monoisotopic (exact) mass is 627 g/mol. The minimum Gasteiger partial charge on any atom is -0.352 e. The fraction of sp³-hybridized carbons (Fsp3) is 0.355. The third-order valence-corrected chi connectivity index (χ3v) is 9.07. The molecule has 3 rings (SSSR count). The zero-order valence-corrected chi connectivity index (χ0v) is 26.3. The zero-order chi connectivity index (χ0) is 29.6. The van der Waals surface area contributed by atoms with Crippen LogP contribution in [0.5, 0.6) is 0 Å². The third kappa shape index (κ3) is 7.95. The Morgan fingerprint density at radius 3 is 2.10 bits per heavy atom. The van der Waals surface area contributed by atoms with Gasteiger partial charge >= 0.3 is 0 Å². The lowest BCUT2D eigenvalue weighted by Crippen LogP contribution is -2.52. The van der Waals surface area contributed by atoms with Gasteiger partial charge in [0, 0.05) is 17.1 Å². The molecule has 0 saturated carbocycles. The van der Waals surface area contributed by atoms with E-state index in [9.17, 15) is 18.0 Å². The van der Waals surface area contributed by atoms with E-state index in [4.69, 9.17) is 0 Å². The number of aryl methyl sites for hydroxylation is 3. The quantitative estimate of drug-likeness (QED) is 0.287. The Balaban J connectivity index is 2.06. The summed E-state index contributed by atoms with van der Waals surface area (Å²) in [4.78, 5) is 28.7. The van der Waals surface area contributed by atoms with Gasteiger partial charge in [0.2, 0.25) is 11.8 Å². The first-order chi connectivity index (χ1) is 18.8. The Kier molecular flexibility index (Phi) is 10.6. The summed E-state index contributed by atoms with van der Waals surface area (Å²) in [5, 5.41) is 2.95. The van der Waals surface area contributed by atoms with E-state index in [0.29, 0.717) is 5.69 Å². The van der Waals surface area contributed by atoms with Crippen molar-refractivity contribution in [3.8, 4) is 0 Å². The Morgan fingerprint density at radius 2 is 1.52 bits per heavy atom. The van der Waals surface area contributed by atoms with Gasteiger partial charge in [-0.3, -0.25) is 13.9 Å². The molecule has 0 aliphatic rings. The second kappa shape index (κ2) is 13.5. The molecular weight excluding hydrogens is 590 g/mol. The summed E-state index contributed by atoms with van der Waals surface area (Å²) in [6.07, 6.45) is 0.743. The van der Waals surface area contributed by atoms with Crippen LogP contribution in [0, 0.1) is 20.8 Å². The summed E-state index contributed by atoms with van der Waals surface area (Å²) < 4.78 is 30.0.